The van der Waals surface area contributed by atoms with Crippen molar-refractivity contribution in [2.45, 2.75) is 6.54 Å². The number of amides is 2. The van der Waals surface area contributed by atoms with Crippen LogP contribution in [0.1, 0.15) is 5.56 Å². The van der Waals surface area contributed by atoms with Crippen molar-refractivity contribution < 1.29 is 14.7 Å². The van der Waals surface area contributed by atoms with E-state index >= 15 is 0 Å². The second kappa shape index (κ2) is 6.02. The van der Waals surface area contributed by atoms with Crippen molar-refractivity contribution >= 4 is 39.3 Å². The fraction of sp³-hybridized carbons (Fsp3) is 0.400. The van der Waals surface area contributed by atoms with E-state index in [0.29, 0.717) is 6.54 Å². The standard InChI is InChI=1S/C10H13BrN2O3S/c1-12(4-7-3-8(11)17-6-7)10(16)13(2)5-9(14)15/h3,6H,4-5H2,1-2H3,(H,14,15). The Bertz CT molecular complexity index is 421. The van der Waals surface area contributed by atoms with E-state index in [2.05, 4.69) is 15.9 Å². The molecular formula is C10H13BrN2O3S. The lowest BCUT2D eigenvalue weighted by molar-refractivity contribution is -0.137. The number of carboxylic acid groups (broad SMARTS) is 1. The van der Waals surface area contributed by atoms with Crippen LogP contribution in [-0.4, -0.2) is 47.5 Å². The summed E-state index contributed by atoms with van der Waals surface area (Å²) in [5.41, 5.74) is 1.02. The Labute approximate surface area is 112 Å². The number of hydrogen-bond donors (Lipinski definition) is 1. The van der Waals surface area contributed by atoms with Crippen molar-refractivity contribution in [2.75, 3.05) is 20.6 Å². The smallest absolute Gasteiger partial charge is 0.323 e. The zero-order valence-corrected chi connectivity index (χ0v) is 11.9. The van der Waals surface area contributed by atoms with Gasteiger partial charge >= 0.3 is 12.0 Å². The Hall–Kier alpha value is -1.08. The quantitative estimate of drug-likeness (QED) is 0.924. The van der Waals surface area contributed by atoms with Crippen molar-refractivity contribution in [1.82, 2.24) is 9.80 Å². The summed E-state index contributed by atoms with van der Waals surface area (Å²) in [5.74, 6) is -1.02. The Morgan fingerprint density at radius 3 is 2.53 bits per heavy atom. The minimum Gasteiger partial charge on any atom is -0.480 e. The van der Waals surface area contributed by atoms with Crippen molar-refractivity contribution in [1.29, 1.82) is 0 Å². The van der Waals surface area contributed by atoms with Gasteiger partial charge in [0.2, 0.25) is 0 Å². The zero-order chi connectivity index (χ0) is 13.0. The van der Waals surface area contributed by atoms with Gasteiger partial charge in [-0.1, -0.05) is 0 Å². The predicted molar refractivity (Wildman–Crippen MR) is 69.1 cm³/mol. The van der Waals surface area contributed by atoms with Crippen LogP contribution in [-0.2, 0) is 11.3 Å². The highest BCUT2D eigenvalue weighted by Crippen LogP contribution is 2.21. The summed E-state index contributed by atoms with van der Waals surface area (Å²) in [6.45, 7) is 0.168. The van der Waals surface area contributed by atoms with Gasteiger partial charge in [-0.3, -0.25) is 4.79 Å². The molecule has 1 N–H and O–H groups in total. The molecule has 1 heterocycles. The summed E-state index contributed by atoms with van der Waals surface area (Å²) in [6.07, 6.45) is 0. The molecule has 1 rings (SSSR count). The minimum absolute atomic E-state index is 0.295. The van der Waals surface area contributed by atoms with Crippen LogP contribution in [0.25, 0.3) is 0 Å². The molecule has 0 aromatic carbocycles. The molecule has 5 nitrogen and oxygen atoms in total. The number of nitrogens with zero attached hydrogens (tertiary/aromatic N) is 2. The molecule has 0 spiro atoms. The largest absolute Gasteiger partial charge is 0.480 e. The van der Waals surface area contributed by atoms with Gasteiger partial charge < -0.3 is 14.9 Å². The summed E-state index contributed by atoms with van der Waals surface area (Å²) >= 11 is 4.90. The Morgan fingerprint density at radius 1 is 1.41 bits per heavy atom. The number of urea groups is 1. The fourth-order valence-corrected chi connectivity index (χ4v) is 2.53. The number of carbonyl (C=O) groups excluding carboxylic acids is 1. The molecule has 0 saturated carbocycles. The topological polar surface area (TPSA) is 60.9 Å². The number of likely N-dealkylation sites (N-methyl/N-ethyl adjacent to an activating group) is 1. The Morgan fingerprint density at radius 2 is 2.06 bits per heavy atom. The van der Waals surface area contributed by atoms with Crippen LogP contribution >= 0.6 is 27.3 Å². The van der Waals surface area contributed by atoms with E-state index in [1.165, 1.54) is 16.8 Å². The molecule has 1 aromatic heterocycles. The van der Waals surface area contributed by atoms with Gasteiger partial charge in [-0.25, -0.2) is 4.79 Å². The van der Waals surface area contributed by atoms with E-state index in [0.717, 1.165) is 9.35 Å². The maximum Gasteiger partial charge on any atom is 0.323 e. The molecule has 1 aromatic rings. The molecule has 0 aliphatic rings. The zero-order valence-electron chi connectivity index (χ0n) is 9.51. The van der Waals surface area contributed by atoms with E-state index in [4.69, 9.17) is 5.11 Å². The molecule has 2 amide bonds. The van der Waals surface area contributed by atoms with Crippen molar-refractivity contribution in [3.63, 3.8) is 0 Å². The molecule has 7 heteroatoms. The van der Waals surface area contributed by atoms with Crippen molar-refractivity contribution in [2.24, 2.45) is 0 Å². The summed E-state index contributed by atoms with van der Waals surface area (Å²) in [6, 6.07) is 1.63. The number of halogens is 1. The van der Waals surface area contributed by atoms with Crippen LogP contribution in [0.4, 0.5) is 4.79 Å². The summed E-state index contributed by atoms with van der Waals surface area (Å²) in [5, 5.41) is 10.5. The van der Waals surface area contributed by atoms with E-state index in [1.54, 1.807) is 18.4 Å². The third kappa shape index (κ3) is 4.35. The number of carbonyl (C=O) groups is 2. The van der Waals surface area contributed by atoms with Gasteiger partial charge in [-0.05, 0) is 32.9 Å². The normalized spacial score (nSPS) is 10.1. The predicted octanol–water partition coefficient (Wildman–Crippen LogP) is 2.08. The maximum absolute atomic E-state index is 11.8. The maximum atomic E-state index is 11.8. The molecule has 17 heavy (non-hydrogen) atoms. The first kappa shape index (κ1) is 14.0. The molecule has 0 radical (unpaired) electrons. The molecule has 0 aliphatic heterocycles. The fourth-order valence-electron chi connectivity index (χ4n) is 1.33. The van der Waals surface area contributed by atoms with Crippen LogP contribution in [0.3, 0.4) is 0 Å². The van der Waals surface area contributed by atoms with E-state index < -0.39 is 5.97 Å². The van der Waals surface area contributed by atoms with E-state index in [1.807, 2.05) is 11.4 Å². The number of carboxylic acids is 1. The highest BCUT2D eigenvalue weighted by atomic mass is 79.9. The van der Waals surface area contributed by atoms with Gasteiger partial charge in [-0.2, -0.15) is 0 Å². The second-order valence-electron chi connectivity index (χ2n) is 3.65. The first-order chi connectivity index (χ1) is 7.90. The van der Waals surface area contributed by atoms with Gasteiger partial charge in [0.05, 0.1) is 3.79 Å². The Balaban J connectivity index is 2.55. The van der Waals surface area contributed by atoms with Crippen LogP contribution in [0.2, 0.25) is 0 Å². The first-order valence-electron chi connectivity index (χ1n) is 4.81. The minimum atomic E-state index is -1.02. The number of hydrogen-bond acceptors (Lipinski definition) is 3. The molecular weight excluding hydrogens is 308 g/mol. The first-order valence-corrected chi connectivity index (χ1v) is 6.48. The van der Waals surface area contributed by atoms with E-state index in [-0.39, 0.29) is 12.6 Å². The van der Waals surface area contributed by atoms with Crippen molar-refractivity contribution in [3.8, 4) is 0 Å². The van der Waals surface area contributed by atoms with E-state index in [9.17, 15) is 9.59 Å². The Kier molecular flexibility index (Phi) is 4.95. The summed E-state index contributed by atoms with van der Waals surface area (Å²) in [4.78, 5) is 24.9. The molecule has 0 bridgehead atoms. The van der Waals surface area contributed by atoms with Crippen LogP contribution in [0.5, 0.6) is 0 Å². The average molecular weight is 321 g/mol. The number of thiophene rings is 1. The highest BCUT2D eigenvalue weighted by molar-refractivity contribution is 9.11. The SMILES string of the molecule is CN(CC(=O)O)C(=O)N(C)Cc1csc(Br)c1. The highest BCUT2D eigenvalue weighted by Gasteiger charge is 2.16. The second-order valence-corrected chi connectivity index (χ2v) is 5.94. The molecule has 94 valence electrons. The van der Waals surface area contributed by atoms with Gasteiger partial charge in [0, 0.05) is 20.6 Å². The third-order valence-corrected chi connectivity index (χ3v) is 3.62. The average Bonchev–Trinajstić information content (AvgIpc) is 2.61. The molecule has 0 atom stereocenters. The van der Waals surface area contributed by atoms with Crippen LogP contribution in [0, 0.1) is 0 Å². The molecule has 0 unspecified atom stereocenters. The number of aliphatic carboxylic acids is 1. The molecule has 0 aliphatic carbocycles. The number of rotatable bonds is 4. The van der Waals surface area contributed by atoms with Crippen molar-refractivity contribution in [3.05, 3.63) is 20.8 Å². The van der Waals surface area contributed by atoms with Crippen LogP contribution in [0.15, 0.2) is 15.2 Å². The third-order valence-electron chi connectivity index (χ3n) is 2.07. The lowest BCUT2D eigenvalue weighted by atomic mass is 10.3. The van der Waals surface area contributed by atoms with Gasteiger partial charge in [-0.15, -0.1) is 11.3 Å². The van der Waals surface area contributed by atoms with Gasteiger partial charge in [0.15, 0.2) is 0 Å². The lowest BCUT2D eigenvalue weighted by Gasteiger charge is -2.23. The van der Waals surface area contributed by atoms with Gasteiger partial charge in [0.25, 0.3) is 0 Å². The lowest BCUT2D eigenvalue weighted by Crippen LogP contribution is -2.40. The summed E-state index contributed by atoms with van der Waals surface area (Å²) < 4.78 is 1.01. The molecule has 0 saturated heterocycles. The van der Waals surface area contributed by atoms with Crippen LogP contribution < -0.4 is 0 Å². The monoisotopic (exact) mass is 320 g/mol. The van der Waals surface area contributed by atoms with Gasteiger partial charge in [0.1, 0.15) is 6.54 Å². The summed E-state index contributed by atoms with van der Waals surface area (Å²) in [7, 11) is 3.11. The molecule has 0 fully saturated rings.